The maximum Gasteiger partial charge on any atom is 0.0525 e. The van der Waals surface area contributed by atoms with Crippen molar-refractivity contribution in [2.24, 2.45) is 5.10 Å². The average molecular weight is 342 g/mol. The molecule has 0 spiro atoms. The molecule has 0 fully saturated rings. The van der Waals surface area contributed by atoms with E-state index in [9.17, 15) is 0 Å². The maximum atomic E-state index is 6.04. The van der Waals surface area contributed by atoms with Crippen molar-refractivity contribution in [1.29, 1.82) is 0 Å². The number of nitrogens with zero attached hydrogens (tertiary/aromatic N) is 2. The SMILES string of the molecule is Cc1ccc2c(c1)[C@@](C)(/C=N/N(C)C)C[C@@H](c1ccc(Cl)cc1)N2. The van der Waals surface area contributed by atoms with Gasteiger partial charge in [-0.1, -0.05) is 48.4 Å². The van der Waals surface area contributed by atoms with Crippen molar-refractivity contribution in [3.63, 3.8) is 0 Å². The molecular weight excluding hydrogens is 318 g/mol. The van der Waals surface area contributed by atoms with Crippen LogP contribution in [-0.2, 0) is 5.41 Å². The third kappa shape index (κ3) is 3.41. The molecule has 3 rings (SSSR count). The third-order valence-corrected chi connectivity index (χ3v) is 4.85. The van der Waals surface area contributed by atoms with Crippen LogP contribution in [0.3, 0.4) is 0 Å². The highest BCUT2D eigenvalue weighted by atomic mass is 35.5. The van der Waals surface area contributed by atoms with Crippen molar-refractivity contribution in [2.75, 3.05) is 19.4 Å². The van der Waals surface area contributed by atoms with E-state index in [2.05, 4.69) is 60.8 Å². The number of hydrogen-bond donors (Lipinski definition) is 1. The van der Waals surface area contributed by atoms with E-state index in [0.29, 0.717) is 0 Å². The van der Waals surface area contributed by atoms with E-state index in [1.165, 1.54) is 22.4 Å². The highest BCUT2D eigenvalue weighted by Gasteiger charge is 2.36. The molecule has 0 saturated heterocycles. The van der Waals surface area contributed by atoms with E-state index in [-0.39, 0.29) is 11.5 Å². The monoisotopic (exact) mass is 341 g/mol. The molecule has 2 aromatic rings. The molecule has 0 radical (unpaired) electrons. The highest BCUT2D eigenvalue weighted by molar-refractivity contribution is 6.30. The zero-order valence-electron chi connectivity index (χ0n) is 14.7. The molecule has 0 unspecified atom stereocenters. The molecule has 0 aliphatic carbocycles. The van der Waals surface area contributed by atoms with E-state index >= 15 is 0 Å². The van der Waals surface area contributed by atoms with Gasteiger partial charge in [0.1, 0.15) is 0 Å². The molecule has 2 atom stereocenters. The summed E-state index contributed by atoms with van der Waals surface area (Å²) in [6.45, 7) is 4.40. The van der Waals surface area contributed by atoms with Gasteiger partial charge in [0.15, 0.2) is 0 Å². The summed E-state index contributed by atoms with van der Waals surface area (Å²) in [5.74, 6) is 0. The van der Waals surface area contributed by atoms with Crippen LogP contribution in [0.4, 0.5) is 5.69 Å². The second-order valence-electron chi connectivity index (χ2n) is 7.01. The Balaban J connectivity index is 2.03. The second kappa shape index (κ2) is 6.48. The van der Waals surface area contributed by atoms with Gasteiger partial charge in [0, 0.05) is 36.4 Å². The number of anilines is 1. The number of fused-ring (bicyclic) bond motifs is 1. The Morgan fingerprint density at radius 1 is 1.21 bits per heavy atom. The first-order chi connectivity index (χ1) is 11.4. The van der Waals surface area contributed by atoms with E-state index < -0.39 is 0 Å². The third-order valence-electron chi connectivity index (χ3n) is 4.59. The van der Waals surface area contributed by atoms with Crippen LogP contribution >= 0.6 is 11.6 Å². The molecule has 24 heavy (non-hydrogen) atoms. The number of rotatable bonds is 3. The fraction of sp³-hybridized carbons (Fsp3) is 0.350. The summed E-state index contributed by atoms with van der Waals surface area (Å²) in [4.78, 5) is 0. The lowest BCUT2D eigenvalue weighted by Gasteiger charge is -2.39. The molecule has 2 aromatic carbocycles. The molecule has 4 heteroatoms. The number of hydrazone groups is 1. The van der Waals surface area contributed by atoms with Gasteiger partial charge < -0.3 is 10.3 Å². The van der Waals surface area contributed by atoms with E-state index in [0.717, 1.165) is 11.4 Å². The lowest BCUT2D eigenvalue weighted by Crippen LogP contribution is -2.35. The van der Waals surface area contributed by atoms with Crippen LogP contribution in [-0.4, -0.2) is 25.3 Å². The number of nitrogens with one attached hydrogen (secondary N) is 1. The topological polar surface area (TPSA) is 27.6 Å². The molecule has 0 amide bonds. The van der Waals surface area contributed by atoms with Crippen molar-refractivity contribution < 1.29 is 0 Å². The van der Waals surface area contributed by atoms with Gasteiger partial charge in [-0.3, -0.25) is 0 Å². The van der Waals surface area contributed by atoms with Crippen LogP contribution in [0.1, 0.15) is 36.1 Å². The Morgan fingerprint density at radius 2 is 1.92 bits per heavy atom. The van der Waals surface area contributed by atoms with Gasteiger partial charge in [0.2, 0.25) is 0 Å². The summed E-state index contributed by atoms with van der Waals surface area (Å²) in [5.41, 5.74) is 4.87. The number of benzene rings is 2. The normalized spacial score (nSPS) is 23.0. The number of aryl methyl sites for hydroxylation is 1. The smallest absolute Gasteiger partial charge is 0.0525 e. The quantitative estimate of drug-likeness (QED) is 0.627. The van der Waals surface area contributed by atoms with Crippen LogP contribution in [0.2, 0.25) is 5.02 Å². The summed E-state index contributed by atoms with van der Waals surface area (Å²) in [6.07, 6.45) is 3.03. The fourth-order valence-corrected chi connectivity index (χ4v) is 3.42. The molecule has 1 aliphatic heterocycles. The molecule has 126 valence electrons. The largest absolute Gasteiger partial charge is 0.378 e. The summed E-state index contributed by atoms with van der Waals surface area (Å²) in [5, 5.41) is 10.8. The standard InChI is InChI=1S/C20H24ClN3/c1-14-5-10-18-17(11-14)20(2,13-22-24(3)4)12-19(23-18)15-6-8-16(21)9-7-15/h5-11,13,19,23H,12H2,1-4H3/b22-13+/t19-,20+/m0/s1. The van der Waals surface area contributed by atoms with Crippen LogP contribution in [0.5, 0.6) is 0 Å². The predicted molar refractivity (Wildman–Crippen MR) is 103 cm³/mol. The van der Waals surface area contributed by atoms with Crippen molar-refractivity contribution in [2.45, 2.75) is 31.7 Å². The molecular formula is C20H24ClN3. The van der Waals surface area contributed by atoms with Gasteiger partial charge >= 0.3 is 0 Å². The maximum absolute atomic E-state index is 6.04. The van der Waals surface area contributed by atoms with E-state index in [4.69, 9.17) is 11.6 Å². The minimum atomic E-state index is -0.124. The predicted octanol–water partition coefficient (Wildman–Crippen LogP) is 5.01. The van der Waals surface area contributed by atoms with Crippen LogP contribution in [0.25, 0.3) is 0 Å². The minimum Gasteiger partial charge on any atom is -0.378 e. The van der Waals surface area contributed by atoms with Crippen LogP contribution in [0, 0.1) is 6.92 Å². The van der Waals surface area contributed by atoms with Crippen LogP contribution in [0.15, 0.2) is 47.6 Å². The lowest BCUT2D eigenvalue weighted by molar-refractivity contribution is 0.426. The molecule has 0 bridgehead atoms. The molecule has 3 nitrogen and oxygen atoms in total. The van der Waals surface area contributed by atoms with Gasteiger partial charge in [-0.15, -0.1) is 0 Å². The summed E-state index contributed by atoms with van der Waals surface area (Å²) < 4.78 is 0. The zero-order chi connectivity index (χ0) is 17.3. The van der Waals surface area contributed by atoms with Crippen molar-refractivity contribution in [3.8, 4) is 0 Å². The van der Waals surface area contributed by atoms with Gasteiger partial charge in [0.05, 0.1) is 6.04 Å². The Labute approximate surface area is 149 Å². The first kappa shape index (κ1) is 16.8. The van der Waals surface area contributed by atoms with Gasteiger partial charge in [-0.05, 0) is 42.7 Å². The minimum absolute atomic E-state index is 0.124. The number of hydrogen-bond acceptors (Lipinski definition) is 3. The Bertz CT molecular complexity index is 752. The van der Waals surface area contributed by atoms with Crippen molar-refractivity contribution in [3.05, 3.63) is 64.2 Å². The van der Waals surface area contributed by atoms with E-state index in [1.54, 1.807) is 0 Å². The fourth-order valence-electron chi connectivity index (χ4n) is 3.29. The molecule has 1 heterocycles. The Morgan fingerprint density at radius 3 is 2.58 bits per heavy atom. The lowest BCUT2D eigenvalue weighted by atomic mass is 9.73. The van der Waals surface area contributed by atoms with Gasteiger partial charge in [-0.2, -0.15) is 5.10 Å². The average Bonchev–Trinajstić information content (AvgIpc) is 2.54. The van der Waals surface area contributed by atoms with E-state index in [1.807, 2.05) is 31.2 Å². The number of halogens is 1. The second-order valence-corrected chi connectivity index (χ2v) is 7.45. The summed E-state index contributed by atoms with van der Waals surface area (Å²) >= 11 is 6.04. The van der Waals surface area contributed by atoms with Crippen LogP contribution < -0.4 is 5.32 Å². The molecule has 1 N–H and O–H groups in total. The summed E-state index contributed by atoms with van der Waals surface area (Å²) in [7, 11) is 3.91. The first-order valence-corrected chi connectivity index (χ1v) is 8.61. The van der Waals surface area contributed by atoms with Crippen molar-refractivity contribution in [1.82, 2.24) is 5.01 Å². The Kier molecular flexibility index (Phi) is 4.55. The first-order valence-electron chi connectivity index (χ1n) is 8.23. The molecule has 1 aliphatic rings. The van der Waals surface area contributed by atoms with Gasteiger partial charge in [0.25, 0.3) is 0 Å². The molecule has 0 saturated carbocycles. The highest BCUT2D eigenvalue weighted by Crippen LogP contribution is 2.43. The zero-order valence-corrected chi connectivity index (χ0v) is 15.4. The van der Waals surface area contributed by atoms with Gasteiger partial charge in [-0.25, -0.2) is 0 Å². The van der Waals surface area contributed by atoms with Crippen molar-refractivity contribution >= 4 is 23.5 Å². The Hall–Kier alpha value is -2.00. The summed E-state index contributed by atoms with van der Waals surface area (Å²) in [6, 6.07) is 14.9. The molecule has 0 aromatic heterocycles.